The summed E-state index contributed by atoms with van der Waals surface area (Å²) in [6.45, 7) is 1.85. The van der Waals surface area contributed by atoms with E-state index in [1.807, 2.05) is 20.3 Å². The predicted octanol–water partition coefficient (Wildman–Crippen LogP) is 2.64. The van der Waals surface area contributed by atoms with Gasteiger partial charge in [0.25, 0.3) is 0 Å². The Morgan fingerprint density at radius 3 is 2.52 bits per heavy atom. The first kappa shape index (κ1) is 16.5. The summed E-state index contributed by atoms with van der Waals surface area (Å²) in [4.78, 5) is 15.2. The van der Waals surface area contributed by atoms with Crippen molar-refractivity contribution in [2.45, 2.75) is 57.4 Å². The van der Waals surface area contributed by atoms with Gasteiger partial charge < -0.3 is 10.2 Å². The third kappa shape index (κ3) is 3.60. The maximum atomic E-state index is 13.1. The molecule has 23 heavy (non-hydrogen) atoms. The van der Waals surface area contributed by atoms with Gasteiger partial charge in [-0.15, -0.1) is 0 Å². The Bertz CT molecular complexity index is 531. The van der Waals surface area contributed by atoms with E-state index < -0.39 is 0 Å². The van der Waals surface area contributed by atoms with Crippen molar-refractivity contribution >= 4 is 5.91 Å². The highest BCUT2D eigenvalue weighted by atomic mass is 16.2. The lowest BCUT2D eigenvalue weighted by Crippen LogP contribution is -2.49. The fraction of sp³-hybridized carbons (Fsp3) is 0.778. The van der Waals surface area contributed by atoms with Crippen LogP contribution in [-0.2, 0) is 11.8 Å². The van der Waals surface area contributed by atoms with E-state index >= 15 is 0 Å². The van der Waals surface area contributed by atoms with Gasteiger partial charge in [-0.05, 0) is 38.1 Å². The molecule has 2 fully saturated rings. The third-order valence-electron chi connectivity index (χ3n) is 5.73. The number of rotatable bonds is 3. The summed E-state index contributed by atoms with van der Waals surface area (Å²) in [7, 11) is 3.75. The van der Waals surface area contributed by atoms with Crippen LogP contribution < -0.4 is 5.32 Å². The third-order valence-corrected chi connectivity index (χ3v) is 5.73. The molecule has 2 heterocycles. The molecule has 1 N–H and O–H groups in total. The number of amides is 1. The highest BCUT2D eigenvalue weighted by molar-refractivity contribution is 5.83. The highest BCUT2D eigenvalue weighted by Gasteiger charge is 2.38. The number of nitrogens with zero attached hydrogens (tertiary/aromatic N) is 3. The van der Waals surface area contributed by atoms with Crippen molar-refractivity contribution in [2.24, 2.45) is 12.5 Å². The molecule has 3 rings (SSSR count). The van der Waals surface area contributed by atoms with Gasteiger partial charge >= 0.3 is 0 Å². The number of hydrogen-bond acceptors (Lipinski definition) is 3. The predicted molar refractivity (Wildman–Crippen MR) is 91.0 cm³/mol. The van der Waals surface area contributed by atoms with Crippen molar-refractivity contribution in [3.8, 4) is 0 Å². The average molecular weight is 318 g/mol. The lowest BCUT2D eigenvalue weighted by Gasteiger charge is -2.43. The van der Waals surface area contributed by atoms with Crippen LogP contribution in [0.3, 0.4) is 0 Å². The number of carbonyl (C=O) groups excluding carboxylic acids is 1. The summed E-state index contributed by atoms with van der Waals surface area (Å²) >= 11 is 0. The van der Waals surface area contributed by atoms with E-state index in [0.29, 0.717) is 5.41 Å². The minimum atomic E-state index is -0.273. The fourth-order valence-corrected chi connectivity index (χ4v) is 4.49. The molecule has 1 spiro atoms. The van der Waals surface area contributed by atoms with E-state index in [9.17, 15) is 4.79 Å². The van der Waals surface area contributed by atoms with Gasteiger partial charge in [0.1, 0.15) is 6.04 Å². The Labute approximate surface area is 139 Å². The van der Waals surface area contributed by atoms with Crippen LogP contribution in [0, 0.1) is 5.41 Å². The second-order valence-electron chi connectivity index (χ2n) is 7.45. The average Bonchev–Trinajstić information content (AvgIpc) is 2.85. The Kier molecular flexibility index (Phi) is 5.05. The standard InChI is InChI=1S/C18H30N4O/c1-19-16(15-12-20-21(2)13-15)17(23)22-11-7-10-18(14-22)8-5-3-4-6-9-18/h12-13,16,19H,3-11,14H2,1-2H3. The van der Waals surface area contributed by atoms with Crippen LogP contribution in [0.15, 0.2) is 12.4 Å². The van der Waals surface area contributed by atoms with Crippen LogP contribution >= 0.6 is 0 Å². The van der Waals surface area contributed by atoms with Gasteiger partial charge in [-0.1, -0.05) is 25.7 Å². The Hall–Kier alpha value is -1.36. The van der Waals surface area contributed by atoms with Gasteiger partial charge in [0, 0.05) is 31.9 Å². The Morgan fingerprint density at radius 2 is 1.91 bits per heavy atom. The lowest BCUT2D eigenvalue weighted by molar-refractivity contribution is -0.137. The molecule has 5 heteroatoms. The van der Waals surface area contributed by atoms with Crippen molar-refractivity contribution < 1.29 is 4.79 Å². The summed E-state index contributed by atoms with van der Waals surface area (Å²) in [6, 6.07) is -0.273. The SMILES string of the molecule is CNC(C(=O)N1CCCC2(CCCCCC2)C1)c1cnn(C)c1. The molecule has 1 amide bonds. The maximum absolute atomic E-state index is 13.1. The van der Waals surface area contributed by atoms with Crippen LogP contribution in [0.1, 0.15) is 63.0 Å². The highest BCUT2D eigenvalue weighted by Crippen LogP contribution is 2.42. The molecule has 1 aliphatic heterocycles. The van der Waals surface area contributed by atoms with Crippen LogP contribution in [0.4, 0.5) is 0 Å². The van der Waals surface area contributed by atoms with Crippen molar-refractivity contribution in [3.63, 3.8) is 0 Å². The molecule has 0 bridgehead atoms. The van der Waals surface area contributed by atoms with E-state index in [2.05, 4.69) is 15.3 Å². The Morgan fingerprint density at radius 1 is 1.22 bits per heavy atom. The summed E-state index contributed by atoms with van der Waals surface area (Å²) in [5, 5.41) is 7.40. The first-order valence-corrected chi connectivity index (χ1v) is 9.08. The number of hydrogen-bond donors (Lipinski definition) is 1. The van der Waals surface area contributed by atoms with Gasteiger partial charge in [-0.3, -0.25) is 9.48 Å². The molecule has 1 atom stereocenters. The minimum absolute atomic E-state index is 0.212. The number of aromatic nitrogens is 2. The van der Waals surface area contributed by atoms with Crippen LogP contribution in [0.5, 0.6) is 0 Å². The van der Waals surface area contributed by atoms with Gasteiger partial charge in [-0.2, -0.15) is 5.10 Å². The molecule has 1 unspecified atom stereocenters. The topological polar surface area (TPSA) is 50.2 Å². The zero-order valence-electron chi connectivity index (χ0n) is 14.6. The van der Waals surface area contributed by atoms with E-state index in [0.717, 1.165) is 25.1 Å². The van der Waals surface area contributed by atoms with E-state index in [1.165, 1.54) is 44.9 Å². The zero-order chi connectivity index (χ0) is 16.3. The molecular weight excluding hydrogens is 288 g/mol. The number of carbonyl (C=O) groups is 1. The normalized spacial score (nSPS) is 22.8. The molecule has 1 aliphatic carbocycles. The second kappa shape index (κ2) is 7.04. The monoisotopic (exact) mass is 318 g/mol. The molecule has 0 aromatic carbocycles. The van der Waals surface area contributed by atoms with Crippen molar-refractivity contribution in [1.82, 2.24) is 20.0 Å². The van der Waals surface area contributed by atoms with Gasteiger partial charge in [0.05, 0.1) is 6.20 Å². The Balaban J connectivity index is 1.73. The van der Waals surface area contributed by atoms with Crippen LogP contribution in [0.2, 0.25) is 0 Å². The number of piperidine rings is 1. The molecule has 1 aromatic heterocycles. The second-order valence-corrected chi connectivity index (χ2v) is 7.45. The molecule has 0 radical (unpaired) electrons. The molecule has 1 saturated carbocycles. The molecule has 1 aromatic rings. The van der Waals surface area contributed by atoms with E-state index in [4.69, 9.17) is 0 Å². The summed E-state index contributed by atoms with van der Waals surface area (Å²) < 4.78 is 1.76. The van der Waals surface area contributed by atoms with Crippen molar-refractivity contribution in [3.05, 3.63) is 18.0 Å². The zero-order valence-corrected chi connectivity index (χ0v) is 14.6. The molecule has 1 saturated heterocycles. The van der Waals surface area contributed by atoms with E-state index in [-0.39, 0.29) is 11.9 Å². The number of likely N-dealkylation sites (N-methyl/N-ethyl adjacent to an activating group) is 1. The molecular formula is C18H30N4O. The van der Waals surface area contributed by atoms with Crippen molar-refractivity contribution in [1.29, 1.82) is 0 Å². The van der Waals surface area contributed by atoms with Crippen molar-refractivity contribution in [2.75, 3.05) is 20.1 Å². The quantitative estimate of drug-likeness (QED) is 0.932. The smallest absolute Gasteiger partial charge is 0.244 e. The molecule has 128 valence electrons. The minimum Gasteiger partial charge on any atom is -0.340 e. The number of aryl methyl sites for hydroxylation is 1. The summed E-state index contributed by atoms with van der Waals surface area (Å²) in [5.41, 5.74) is 1.35. The molecule has 2 aliphatic rings. The van der Waals surface area contributed by atoms with E-state index in [1.54, 1.807) is 10.9 Å². The van der Waals surface area contributed by atoms with Crippen LogP contribution in [-0.4, -0.2) is 40.7 Å². The first-order valence-electron chi connectivity index (χ1n) is 9.08. The summed E-state index contributed by atoms with van der Waals surface area (Å²) in [6.07, 6.45) is 14.2. The fourth-order valence-electron chi connectivity index (χ4n) is 4.49. The summed E-state index contributed by atoms with van der Waals surface area (Å²) in [5.74, 6) is 0.212. The van der Waals surface area contributed by atoms with Crippen LogP contribution in [0.25, 0.3) is 0 Å². The number of likely N-dealkylation sites (tertiary alicyclic amines) is 1. The largest absolute Gasteiger partial charge is 0.340 e. The maximum Gasteiger partial charge on any atom is 0.244 e. The lowest BCUT2D eigenvalue weighted by atomic mass is 9.74. The number of nitrogens with one attached hydrogen (secondary N) is 1. The first-order chi connectivity index (χ1) is 11.1. The molecule has 5 nitrogen and oxygen atoms in total. The van der Waals surface area contributed by atoms with Gasteiger partial charge in [0.2, 0.25) is 5.91 Å². The van der Waals surface area contributed by atoms with Gasteiger partial charge in [-0.25, -0.2) is 0 Å². The van der Waals surface area contributed by atoms with Gasteiger partial charge in [0.15, 0.2) is 0 Å².